The molecular weight excluding hydrogens is 368 g/mol. The van der Waals surface area contributed by atoms with Gasteiger partial charge < -0.3 is 15.1 Å². The van der Waals surface area contributed by atoms with Crippen molar-refractivity contribution in [2.75, 3.05) is 38.6 Å². The summed E-state index contributed by atoms with van der Waals surface area (Å²) in [7, 11) is 3.92. The third kappa shape index (κ3) is 5.12. The summed E-state index contributed by atoms with van der Waals surface area (Å²) in [6, 6.07) is 14.7. The number of piperidine rings is 1. The van der Waals surface area contributed by atoms with Crippen LogP contribution >= 0.6 is 0 Å². The minimum absolute atomic E-state index is 0.00762. The Balaban J connectivity index is 1.74. The first-order valence-corrected chi connectivity index (χ1v) is 10.0. The van der Waals surface area contributed by atoms with Gasteiger partial charge in [0.05, 0.1) is 11.0 Å². The molecule has 0 bridgehead atoms. The van der Waals surface area contributed by atoms with Crippen molar-refractivity contribution in [1.82, 2.24) is 10.2 Å². The molecule has 2 aromatic rings. The molecule has 1 aliphatic heterocycles. The third-order valence-corrected chi connectivity index (χ3v) is 5.39. The van der Waals surface area contributed by atoms with Crippen molar-refractivity contribution in [2.24, 2.45) is 0 Å². The van der Waals surface area contributed by atoms with E-state index in [9.17, 15) is 14.9 Å². The molecule has 1 aliphatic rings. The zero-order valence-electron chi connectivity index (χ0n) is 17.0. The fourth-order valence-corrected chi connectivity index (χ4v) is 3.78. The van der Waals surface area contributed by atoms with E-state index in [1.54, 1.807) is 12.1 Å². The molecule has 0 saturated carbocycles. The lowest BCUT2D eigenvalue weighted by Crippen LogP contribution is -2.34. The van der Waals surface area contributed by atoms with Gasteiger partial charge in [-0.3, -0.25) is 14.9 Å². The summed E-state index contributed by atoms with van der Waals surface area (Å²) in [5, 5.41) is 14.5. The summed E-state index contributed by atoms with van der Waals surface area (Å²) in [5.74, 6) is -0.305. The van der Waals surface area contributed by atoms with Crippen molar-refractivity contribution in [2.45, 2.75) is 25.3 Å². The first kappa shape index (κ1) is 20.8. The van der Waals surface area contributed by atoms with Crippen LogP contribution in [0.5, 0.6) is 0 Å². The number of nitro benzene ring substituents is 1. The molecule has 7 nitrogen and oxygen atoms in total. The average Bonchev–Trinajstić information content (AvgIpc) is 2.74. The lowest BCUT2D eigenvalue weighted by molar-refractivity contribution is -0.384. The molecule has 0 aliphatic carbocycles. The summed E-state index contributed by atoms with van der Waals surface area (Å²) in [6.07, 6.45) is 3.22. The zero-order chi connectivity index (χ0) is 20.8. The zero-order valence-corrected chi connectivity index (χ0v) is 17.0. The van der Waals surface area contributed by atoms with Crippen LogP contribution in [0.4, 0.5) is 11.4 Å². The third-order valence-electron chi connectivity index (χ3n) is 5.39. The standard InChI is InChI=1S/C22H28N4O3/c1-24(2)21(17-9-5-3-6-10-17)16-23-22(27)18-11-12-19(20(15-18)26(28)29)25-13-7-4-8-14-25/h3,5-6,9-12,15,21H,4,7-8,13-14,16H2,1-2H3,(H,23,27). The van der Waals surface area contributed by atoms with Gasteiger partial charge in [0.15, 0.2) is 0 Å². The van der Waals surface area contributed by atoms with Crippen molar-refractivity contribution in [3.63, 3.8) is 0 Å². The first-order chi connectivity index (χ1) is 14.0. The van der Waals surface area contributed by atoms with E-state index in [0.29, 0.717) is 17.8 Å². The number of hydrogen-bond acceptors (Lipinski definition) is 5. The Hall–Kier alpha value is -2.93. The second-order valence-corrected chi connectivity index (χ2v) is 7.61. The van der Waals surface area contributed by atoms with E-state index in [0.717, 1.165) is 37.9 Å². The van der Waals surface area contributed by atoms with Crippen LogP contribution in [0.1, 0.15) is 41.2 Å². The van der Waals surface area contributed by atoms with Gasteiger partial charge in [-0.05, 0) is 51.1 Å². The number of nitrogens with one attached hydrogen (secondary N) is 1. The summed E-state index contributed by atoms with van der Waals surface area (Å²) in [6.45, 7) is 2.04. The smallest absolute Gasteiger partial charge is 0.293 e. The maximum Gasteiger partial charge on any atom is 0.293 e. The molecule has 1 saturated heterocycles. The molecule has 0 radical (unpaired) electrons. The summed E-state index contributed by atoms with van der Waals surface area (Å²) in [5.41, 5.74) is 2.00. The van der Waals surface area contributed by atoms with Crippen LogP contribution in [0.15, 0.2) is 48.5 Å². The maximum atomic E-state index is 12.7. The van der Waals surface area contributed by atoms with E-state index < -0.39 is 4.92 Å². The Bertz CT molecular complexity index is 848. The van der Waals surface area contributed by atoms with Gasteiger partial charge in [-0.1, -0.05) is 30.3 Å². The van der Waals surface area contributed by atoms with Crippen LogP contribution in [0.2, 0.25) is 0 Å². The number of anilines is 1. The van der Waals surface area contributed by atoms with Gasteiger partial charge in [-0.2, -0.15) is 0 Å². The van der Waals surface area contributed by atoms with E-state index in [4.69, 9.17) is 0 Å². The second kappa shape index (κ2) is 9.52. The Kier molecular flexibility index (Phi) is 6.82. The van der Waals surface area contributed by atoms with Gasteiger partial charge in [-0.15, -0.1) is 0 Å². The highest BCUT2D eigenvalue weighted by Crippen LogP contribution is 2.31. The predicted molar refractivity (Wildman–Crippen MR) is 114 cm³/mol. The fraction of sp³-hybridized carbons (Fsp3) is 0.409. The lowest BCUT2D eigenvalue weighted by Gasteiger charge is -2.28. The van der Waals surface area contributed by atoms with E-state index in [2.05, 4.69) is 5.32 Å². The number of likely N-dealkylation sites (N-methyl/N-ethyl adjacent to an activating group) is 1. The molecule has 1 heterocycles. The molecule has 0 aromatic heterocycles. The van der Waals surface area contributed by atoms with Crippen LogP contribution in [0, 0.1) is 10.1 Å². The Morgan fingerprint density at radius 2 is 1.83 bits per heavy atom. The minimum atomic E-state index is -0.396. The number of carbonyl (C=O) groups excluding carboxylic acids is 1. The van der Waals surface area contributed by atoms with E-state index >= 15 is 0 Å². The monoisotopic (exact) mass is 396 g/mol. The van der Waals surface area contributed by atoms with Crippen LogP contribution in [0.25, 0.3) is 0 Å². The number of nitrogens with zero attached hydrogens (tertiary/aromatic N) is 3. The van der Waals surface area contributed by atoms with Gasteiger partial charge in [0.25, 0.3) is 11.6 Å². The van der Waals surface area contributed by atoms with E-state index in [-0.39, 0.29) is 17.6 Å². The highest BCUT2D eigenvalue weighted by Gasteiger charge is 2.23. The molecule has 1 amide bonds. The van der Waals surface area contributed by atoms with Gasteiger partial charge in [0, 0.05) is 31.3 Å². The molecular formula is C22H28N4O3. The molecule has 1 fully saturated rings. The normalized spacial score (nSPS) is 15.2. The van der Waals surface area contributed by atoms with Crippen molar-refractivity contribution in [1.29, 1.82) is 0 Å². The molecule has 1 unspecified atom stereocenters. The van der Waals surface area contributed by atoms with Crippen LogP contribution in [-0.2, 0) is 0 Å². The molecule has 0 spiro atoms. The Labute approximate surface area is 171 Å². The Morgan fingerprint density at radius 1 is 1.14 bits per heavy atom. The number of benzene rings is 2. The van der Waals surface area contributed by atoms with Gasteiger partial charge in [0.1, 0.15) is 5.69 Å². The van der Waals surface area contributed by atoms with E-state index in [1.165, 1.54) is 6.07 Å². The van der Waals surface area contributed by atoms with Gasteiger partial charge >= 0.3 is 0 Å². The molecule has 154 valence electrons. The number of hydrogen-bond donors (Lipinski definition) is 1. The highest BCUT2D eigenvalue weighted by atomic mass is 16.6. The molecule has 1 atom stereocenters. The maximum absolute atomic E-state index is 12.7. The van der Waals surface area contributed by atoms with Crippen molar-refractivity contribution in [3.8, 4) is 0 Å². The SMILES string of the molecule is CN(C)C(CNC(=O)c1ccc(N2CCCCC2)c([N+](=O)[O-])c1)c1ccccc1. The largest absolute Gasteiger partial charge is 0.366 e. The summed E-state index contributed by atoms with van der Waals surface area (Å²) >= 11 is 0. The fourth-order valence-electron chi connectivity index (χ4n) is 3.78. The molecule has 29 heavy (non-hydrogen) atoms. The number of nitro groups is 1. The molecule has 2 aromatic carbocycles. The second-order valence-electron chi connectivity index (χ2n) is 7.61. The lowest BCUT2D eigenvalue weighted by atomic mass is 10.1. The van der Waals surface area contributed by atoms with Crippen molar-refractivity contribution in [3.05, 3.63) is 69.8 Å². The molecule has 3 rings (SSSR count). The first-order valence-electron chi connectivity index (χ1n) is 10.0. The highest BCUT2D eigenvalue weighted by molar-refractivity contribution is 5.95. The minimum Gasteiger partial charge on any atom is -0.366 e. The van der Waals surface area contributed by atoms with Gasteiger partial charge in [0.2, 0.25) is 0 Å². The number of carbonyl (C=O) groups is 1. The van der Waals surface area contributed by atoms with Gasteiger partial charge in [-0.25, -0.2) is 0 Å². The molecule has 1 N–H and O–H groups in total. The summed E-state index contributed by atoms with van der Waals surface area (Å²) < 4.78 is 0. The van der Waals surface area contributed by atoms with E-state index in [1.807, 2.05) is 54.2 Å². The van der Waals surface area contributed by atoms with Crippen molar-refractivity contribution < 1.29 is 9.72 Å². The van der Waals surface area contributed by atoms with Crippen LogP contribution in [0.3, 0.4) is 0 Å². The predicted octanol–water partition coefficient (Wildman–Crippen LogP) is 3.62. The van der Waals surface area contributed by atoms with Crippen LogP contribution < -0.4 is 10.2 Å². The number of rotatable bonds is 7. The summed E-state index contributed by atoms with van der Waals surface area (Å²) in [4.78, 5) is 28.0. The Morgan fingerprint density at radius 3 is 2.45 bits per heavy atom. The van der Waals surface area contributed by atoms with Crippen LogP contribution in [-0.4, -0.2) is 49.5 Å². The topological polar surface area (TPSA) is 78.7 Å². The quantitative estimate of drug-likeness (QED) is 0.571. The number of amides is 1. The average molecular weight is 396 g/mol. The van der Waals surface area contributed by atoms with Crippen molar-refractivity contribution >= 4 is 17.3 Å². The molecule has 7 heteroatoms.